The summed E-state index contributed by atoms with van der Waals surface area (Å²) < 4.78 is 7.20. The minimum Gasteiger partial charge on any atom is -0.350 e. The van der Waals surface area contributed by atoms with E-state index in [1.165, 1.54) is 0 Å². The highest BCUT2D eigenvalue weighted by molar-refractivity contribution is 5.93. The average molecular weight is 328 g/mol. The van der Waals surface area contributed by atoms with Crippen molar-refractivity contribution in [1.29, 1.82) is 0 Å². The van der Waals surface area contributed by atoms with Gasteiger partial charge in [0, 0.05) is 18.9 Å². The first-order valence-electron chi connectivity index (χ1n) is 8.41. The molecular formula is C17H20N4O3. The third-order valence-electron chi connectivity index (χ3n) is 4.31. The van der Waals surface area contributed by atoms with Gasteiger partial charge in [0.15, 0.2) is 12.0 Å². The van der Waals surface area contributed by atoms with Crippen molar-refractivity contribution >= 4 is 5.91 Å². The second kappa shape index (κ2) is 6.70. The molecular weight excluding hydrogens is 308 g/mol. The van der Waals surface area contributed by atoms with Crippen LogP contribution in [0, 0.1) is 0 Å². The first kappa shape index (κ1) is 15.3. The van der Waals surface area contributed by atoms with Crippen LogP contribution in [0.1, 0.15) is 54.2 Å². The van der Waals surface area contributed by atoms with Crippen LogP contribution in [-0.2, 0) is 9.57 Å². The molecule has 1 amide bonds. The Hall–Kier alpha value is -2.25. The van der Waals surface area contributed by atoms with Gasteiger partial charge in [-0.15, -0.1) is 5.10 Å². The number of amides is 1. The Bertz CT molecular complexity index is 706. The summed E-state index contributed by atoms with van der Waals surface area (Å²) in [5.41, 5.74) is 4.57. The number of aromatic nitrogens is 3. The summed E-state index contributed by atoms with van der Waals surface area (Å²) in [5.74, 6) is -0.0415. The van der Waals surface area contributed by atoms with Gasteiger partial charge in [0.1, 0.15) is 0 Å². The summed E-state index contributed by atoms with van der Waals surface area (Å²) in [6, 6.07) is 9.74. The minimum absolute atomic E-state index is 0.326. The van der Waals surface area contributed by atoms with E-state index in [1.54, 1.807) is 4.68 Å². The molecule has 0 spiro atoms. The van der Waals surface area contributed by atoms with Gasteiger partial charge >= 0.3 is 0 Å². The van der Waals surface area contributed by atoms with Crippen molar-refractivity contribution in [3.8, 4) is 5.69 Å². The summed E-state index contributed by atoms with van der Waals surface area (Å²) in [6.07, 6.45) is 4.58. The van der Waals surface area contributed by atoms with E-state index in [1.807, 2.05) is 30.3 Å². The number of hydrogen-bond acceptors (Lipinski definition) is 5. The standard InChI is InChI=1S/C17H20N4O3/c22-17(19-24-14-8-4-5-11-23-14)15-16(12-9-10-12)21(20-18-15)13-6-2-1-3-7-13/h1-3,6-7,12,14H,4-5,8-11H2,(H,19,22)/t14-/m1/s1. The maximum atomic E-state index is 12.5. The van der Waals surface area contributed by atoms with Crippen LogP contribution in [0.25, 0.3) is 5.69 Å². The van der Waals surface area contributed by atoms with Gasteiger partial charge in [0.25, 0.3) is 5.91 Å². The predicted octanol–water partition coefficient (Wildman–Crippen LogP) is 2.33. The lowest BCUT2D eigenvalue weighted by Crippen LogP contribution is -2.33. The fourth-order valence-corrected chi connectivity index (χ4v) is 2.91. The average Bonchev–Trinajstić information content (AvgIpc) is 3.39. The van der Waals surface area contributed by atoms with E-state index in [9.17, 15) is 4.79 Å². The number of carbonyl (C=O) groups is 1. The van der Waals surface area contributed by atoms with Gasteiger partial charge in [-0.25, -0.2) is 15.0 Å². The summed E-state index contributed by atoms with van der Waals surface area (Å²) in [7, 11) is 0. The topological polar surface area (TPSA) is 78.3 Å². The molecule has 1 aliphatic heterocycles. The summed E-state index contributed by atoms with van der Waals surface area (Å²) in [5, 5.41) is 8.28. The normalized spacial score (nSPS) is 20.8. The van der Waals surface area contributed by atoms with Crippen LogP contribution >= 0.6 is 0 Å². The molecule has 1 aliphatic carbocycles. The highest BCUT2D eigenvalue weighted by Crippen LogP contribution is 2.41. The zero-order chi connectivity index (χ0) is 16.4. The molecule has 1 atom stereocenters. The zero-order valence-corrected chi connectivity index (χ0v) is 13.4. The maximum Gasteiger partial charge on any atom is 0.297 e. The van der Waals surface area contributed by atoms with Crippen LogP contribution in [-0.4, -0.2) is 33.8 Å². The van der Waals surface area contributed by atoms with Crippen molar-refractivity contribution < 1.29 is 14.4 Å². The van der Waals surface area contributed by atoms with Crippen molar-refractivity contribution in [2.45, 2.75) is 44.3 Å². The van der Waals surface area contributed by atoms with Crippen LogP contribution < -0.4 is 5.48 Å². The first-order valence-corrected chi connectivity index (χ1v) is 8.41. The highest BCUT2D eigenvalue weighted by Gasteiger charge is 2.34. The van der Waals surface area contributed by atoms with Gasteiger partial charge in [-0.2, -0.15) is 0 Å². The fraction of sp³-hybridized carbons (Fsp3) is 0.471. The van der Waals surface area contributed by atoms with E-state index >= 15 is 0 Å². The number of nitrogens with zero attached hydrogens (tertiary/aromatic N) is 3. The molecule has 0 radical (unpaired) electrons. The number of rotatable bonds is 5. The molecule has 2 aromatic rings. The predicted molar refractivity (Wildman–Crippen MR) is 85.5 cm³/mol. The second-order valence-electron chi connectivity index (χ2n) is 6.19. The number of para-hydroxylation sites is 1. The van der Waals surface area contributed by atoms with Gasteiger partial charge < -0.3 is 4.74 Å². The number of carbonyl (C=O) groups excluding carboxylic acids is 1. The van der Waals surface area contributed by atoms with Gasteiger partial charge in [-0.05, 0) is 37.8 Å². The van der Waals surface area contributed by atoms with E-state index in [0.29, 0.717) is 18.2 Å². The molecule has 1 saturated carbocycles. The molecule has 1 aromatic heterocycles. The molecule has 24 heavy (non-hydrogen) atoms. The van der Waals surface area contributed by atoms with Gasteiger partial charge in [-0.3, -0.25) is 4.79 Å². The molecule has 7 nitrogen and oxygen atoms in total. The van der Waals surface area contributed by atoms with E-state index in [2.05, 4.69) is 15.8 Å². The SMILES string of the molecule is O=C(NO[C@@H]1CCCCO1)c1nnn(-c2ccccc2)c1C1CC1. The van der Waals surface area contributed by atoms with Crippen molar-refractivity contribution in [3.05, 3.63) is 41.7 Å². The van der Waals surface area contributed by atoms with Crippen LogP contribution in [0.3, 0.4) is 0 Å². The summed E-state index contributed by atoms with van der Waals surface area (Å²) >= 11 is 0. The minimum atomic E-state index is -0.378. The molecule has 4 rings (SSSR count). The Labute approximate surface area is 139 Å². The summed E-state index contributed by atoms with van der Waals surface area (Å²) in [6.45, 7) is 0.665. The Morgan fingerprint density at radius 1 is 1.21 bits per heavy atom. The van der Waals surface area contributed by atoms with Gasteiger partial charge in [0.2, 0.25) is 0 Å². The zero-order valence-electron chi connectivity index (χ0n) is 13.4. The maximum absolute atomic E-state index is 12.5. The smallest absolute Gasteiger partial charge is 0.297 e. The first-order chi connectivity index (χ1) is 11.8. The molecule has 2 aliphatic rings. The Balaban J connectivity index is 1.52. The molecule has 2 fully saturated rings. The van der Waals surface area contributed by atoms with Crippen molar-refractivity contribution in [3.63, 3.8) is 0 Å². The molecule has 1 aromatic carbocycles. The largest absolute Gasteiger partial charge is 0.350 e. The number of hydrogen-bond donors (Lipinski definition) is 1. The molecule has 1 saturated heterocycles. The molecule has 0 bridgehead atoms. The molecule has 1 N–H and O–H groups in total. The lowest BCUT2D eigenvalue weighted by molar-refractivity contribution is -0.186. The molecule has 7 heteroatoms. The molecule has 2 heterocycles. The number of ether oxygens (including phenoxy) is 1. The third kappa shape index (κ3) is 3.18. The van der Waals surface area contributed by atoms with Gasteiger partial charge in [-0.1, -0.05) is 23.4 Å². The second-order valence-corrected chi connectivity index (χ2v) is 6.19. The Morgan fingerprint density at radius 3 is 2.75 bits per heavy atom. The van der Waals surface area contributed by atoms with Crippen molar-refractivity contribution in [2.75, 3.05) is 6.61 Å². The van der Waals surface area contributed by atoms with Crippen LogP contribution in [0.4, 0.5) is 0 Å². The molecule has 0 unspecified atom stereocenters. The van der Waals surface area contributed by atoms with E-state index in [4.69, 9.17) is 9.57 Å². The van der Waals surface area contributed by atoms with Crippen LogP contribution in [0.15, 0.2) is 30.3 Å². The quantitative estimate of drug-likeness (QED) is 0.852. The van der Waals surface area contributed by atoms with Crippen LogP contribution in [0.2, 0.25) is 0 Å². The Kier molecular flexibility index (Phi) is 4.27. The van der Waals surface area contributed by atoms with Crippen molar-refractivity contribution in [1.82, 2.24) is 20.5 Å². The summed E-state index contributed by atoms with van der Waals surface area (Å²) in [4.78, 5) is 17.8. The third-order valence-corrected chi connectivity index (χ3v) is 4.31. The molecule has 126 valence electrons. The fourth-order valence-electron chi connectivity index (χ4n) is 2.91. The monoisotopic (exact) mass is 328 g/mol. The van der Waals surface area contributed by atoms with Gasteiger partial charge in [0.05, 0.1) is 11.4 Å². The lowest BCUT2D eigenvalue weighted by atomic mass is 10.2. The van der Waals surface area contributed by atoms with E-state index in [0.717, 1.165) is 43.5 Å². The lowest BCUT2D eigenvalue weighted by Gasteiger charge is -2.21. The van der Waals surface area contributed by atoms with Crippen LogP contribution in [0.5, 0.6) is 0 Å². The number of nitrogens with one attached hydrogen (secondary N) is 1. The Morgan fingerprint density at radius 2 is 2.04 bits per heavy atom. The van der Waals surface area contributed by atoms with E-state index < -0.39 is 0 Å². The van der Waals surface area contributed by atoms with E-state index in [-0.39, 0.29) is 12.2 Å². The number of hydroxylamine groups is 1. The number of benzene rings is 1. The van der Waals surface area contributed by atoms with Crippen molar-refractivity contribution in [2.24, 2.45) is 0 Å². The highest BCUT2D eigenvalue weighted by atomic mass is 16.8.